The van der Waals surface area contributed by atoms with Crippen molar-refractivity contribution < 1.29 is 9.18 Å². The van der Waals surface area contributed by atoms with E-state index in [0.717, 1.165) is 52.0 Å². The fourth-order valence-electron chi connectivity index (χ4n) is 5.12. The first-order valence-corrected chi connectivity index (χ1v) is 14.3. The molecule has 10 heteroatoms. The van der Waals surface area contributed by atoms with E-state index in [2.05, 4.69) is 35.7 Å². The van der Waals surface area contributed by atoms with Crippen LogP contribution in [0.2, 0.25) is 0 Å². The van der Waals surface area contributed by atoms with E-state index in [1.165, 1.54) is 12.1 Å². The van der Waals surface area contributed by atoms with Crippen molar-refractivity contribution in [2.75, 3.05) is 37.8 Å². The van der Waals surface area contributed by atoms with Crippen LogP contribution in [0, 0.1) is 5.82 Å². The van der Waals surface area contributed by atoms with E-state index in [-0.39, 0.29) is 11.7 Å². The Morgan fingerprint density at radius 2 is 1.81 bits per heavy atom. The molecule has 0 spiro atoms. The molecule has 0 aliphatic rings. The van der Waals surface area contributed by atoms with Crippen molar-refractivity contribution in [3.63, 3.8) is 0 Å². The molecule has 0 aliphatic carbocycles. The Balaban J connectivity index is 1.35. The monoisotopic (exact) mass is 576 g/mol. The van der Waals surface area contributed by atoms with E-state index in [1.54, 1.807) is 6.20 Å². The summed E-state index contributed by atoms with van der Waals surface area (Å²) in [6.45, 7) is 3.50. The van der Waals surface area contributed by atoms with Gasteiger partial charge in [0.05, 0.1) is 22.6 Å². The van der Waals surface area contributed by atoms with Crippen LogP contribution >= 0.6 is 0 Å². The zero-order valence-electron chi connectivity index (χ0n) is 24.3. The molecule has 6 rings (SSSR count). The third kappa shape index (κ3) is 6.09. The fourth-order valence-corrected chi connectivity index (χ4v) is 5.12. The van der Waals surface area contributed by atoms with Crippen LogP contribution in [0.4, 0.5) is 15.8 Å². The van der Waals surface area contributed by atoms with Crippen molar-refractivity contribution in [3.05, 3.63) is 78.7 Å². The van der Waals surface area contributed by atoms with Gasteiger partial charge in [-0.1, -0.05) is 19.1 Å². The molecule has 218 valence electrons. The van der Waals surface area contributed by atoms with E-state index in [4.69, 9.17) is 4.98 Å². The summed E-state index contributed by atoms with van der Waals surface area (Å²) < 4.78 is 14.7. The SMILES string of the molecule is CCCC(=O)Nc1cccc(-c2ccc3[nH]nc(-c4cc5c(-c6cc(F)cc(NCCN(C)C)c6)nccc5[nH]4)c3n2)c1. The number of pyridine rings is 2. The highest BCUT2D eigenvalue weighted by atomic mass is 19.1. The Hall–Kier alpha value is -5.09. The van der Waals surface area contributed by atoms with Crippen LogP contribution in [-0.4, -0.2) is 63.1 Å². The number of H-pyrrole nitrogens is 2. The number of likely N-dealkylation sites (N-methyl/N-ethyl adjacent to an activating group) is 1. The molecule has 9 nitrogen and oxygen atoms in total. The number of amides is 1. The number of halogens is 1. The van der Waals surface area contributed by atoms with Crippen molar-refractivity contribution in [2.24, 2.45) is 0 Å². The first-order valence-electron chi connectivity index (χ1n) is 14.3. The predicted molar refractivity (Wildman–Crippen MR) is 170 cm³/mol. The molecular formula is C33H33FN8O. The second-order valence-corrected chi connectivity index (χ2v) is 10.8. The Morgan fingerprint density at radius 3 is 2.65 bits per heavy atom. The van der Waals surface area contributed by atoms with Gasteiger partial charge in [0.1, 0.15) is 17.0 Å². The summed E-state index contributed by atoms with van der Waals surface area (Å²) in [7, 11) is 4.00. The summed E-state index contributed by atoms with van der Waals surface area (Å²) in [5.41, 5.74) is 8.21. The van der Waals surface area contributed by atoms with E-state index < -0.39 is 0 Å². The van der Waals surface area contributed by atoms with Crippen LogP contribution in [0.15, 0.2) is 72.9 Å². The third-order valence-electron chi connectivity index (χ3n) is 7.19. The second-order valence-electron chi connectivity index (χ2n) is 10.8. The van der Waals surface area contributed by atoms with Gasteiger partial charge >= 0.3 is 0 Å². The standard InChI is InChI=1S/C33H33FN8O/c1-4-6-30(43)37-23-8-5-7-20(16-23)26-9-10-28-32(39-26)33(41-40-28)29-19-25-27(38-29)11-12-36-31(25)21-15-22(34)18-24(17-21)35-13-14-42(2)3/h5,7-12,15-19,35,38H,4,6,13-14H2,1-3H3,(H,37,43)(H,40,41). The van der Waals surface area contributed by atoms with Crippen LogP contribution in [0.3, 0.4) is 0 Å². The van der Waals surface area contributed by atoms with Gasteiger partial charge < -0.3 is 20.5 Å². The van der Waals surface area contributed by atoms with E-state index in [0.29, 0.717) is 41.1 Å². The Morgan fingerprint density at radius 1 is 0.953 bits per heavy atom. The second kappa shape index (κ2) is 12.0. The zero-order valence-corrected chi connectivity index (χ0v) is 24.3. The topological polar surface area (TPSA) is 115 Å². The molecule has 0 radical (unpaired) electrons. The van der Waals surface area contributed by atoms with Crippen molar-refractivity contribution in [2.45, 2.75) is 19.8 Å². The average Bonchev–Trinajstić information content (AvgIpc) is 3.60. The Labute approximate surface area is 248 Å². The number of carbonyl (C=O) groups excluding carboxylic acids is 1. The number of nitrogens with zero attached hydrogens (tertiary/aromatic N) is 4. The fraction of sp³-hybridized carbons (Fsp3) is 0.212. The lowest BCUT2D eigenvalue weighted by atomic mass is 10.1. The van der Waals surface area contributed by atoms with Crippen LogP contribution in [0.1, 0.15) is 19.8 Å². The molecular weight excluding hydrogens is 543 g/mol. The normalized spacial score (nSPS) is 11.5. The van der Waals surface area contributed by atoms with Gasteiger partial charge in [0.2, 0.25) is 5.91 Å². The van der Waals surface area contributed by atoms with Crippen LogP contribution in [0.5, 0.6) is 0 Å². The van der Waals surface area contributed by atoms with Gasteiger partial charge in [-0.05, 0) is 75.1 Å². The van der Waals surface area contributed by atoms with E-state index >= 15 is 0 Å². The maximum Gasteiger partial charge on any atom is 0.224 e. The molecule has 0 atom stereocenters. The first-order chi connectivity index (χ1) is 20.9. The molecule has 4 N–H and O–H groups in total. The summed E-state index contributed by atoms with van der Waals surface area (Å²) in [4.78, 5) is 27.2. The van der Waals surface area contributed by atoms with Crippen molar-refractivity contribution in [1.82, 2.24) is 30.0 Å². The molecule has 0 bridgehead atoms. The van der Waals surface area contributed by atoms with Gasteiger partial charge in [-0.3, -0.25) is 14.9 Å². The summed E-state index contributed by atoms with van der Waals surface area (Å²) in [5, 5.41) is 14.8. The first kappa shape index (κ1) is 28.0. The van der Waals surface area contributed by atoms with Gasteiger partial charge in [-0.25, -0.2) is 9.37 Å². The average molecular weight is 577 g/mol. The number of aromatic amines is 2. The smallest absolute Gasteiger partial charge is 0.224 e. The van der Waals surface area contributed by atoms with Crippen molar-refractivity contribution >= 4 is 39.2 Å². The lowest BCUT2D eigenvalue weighted by Gasteiger charge is -2.12. The van der Waals surface area contributed by atoms with Crippen molar-refractivity contribution in [1.29, 1.82) is 0 Å². The maximum absolute atomic E-state index is 14.7. The van der Waals surface area contributed by atoms with Crippen molar-refractivity contribution in [3.8, 4) is 33.9 Å². The highest BCUT2D eigenvalue weighted by Crippen LogP contribution is 2.34. The number of rotatable bonds is 10. The minimum atomic E-state index is -0.330. The van der Waals surface area contributed by atoms with Gasteiger partial charge in [0, 0.05) is 59.1 Å². The molecule has 0 saturated carbocycles. The highest BCUT2D eigenvalue weighted by Gasteiger charge is 2.17. The number of nitrogens with one attached hydrogen (secondary N) is 4. The lowest BCUT2D eigenvalue weighted by molar-refractivity contribution is -0.116. The molecule has 0 aliphatic heterocycles. The van der Waals surface area contributed by atoms with Crippen LogP contribution in [0.25, 0.3) is 55.8 Å². The van der Waals surface area contributed by atoms with E-state index in [9.17, 15) is 9.18 Å². The number of anilines is 2. The summed E-state index contributed by atoms with van der Waals surface area (Å²) >= 11 is 0. The number of carbonyl (C=O) groups is 1. The molecule has 4 heterocycles. The summed E-state index contributed by atoms with van der Waals surface area (Å²) in [6, 6.07) is 20.3. The quantitative estimate of drug-likeness (QED) is 0.145. The zero-order chi connectivity index (χ0) is 29.9. The van der Waals surface area contributed by atoms with Crippen LogP contribution < -0.4 is 10.6 Å². The molecule has 43 heavy (non-hydrogen) atoms. The molecule has 0 saturated heterocycles. The number of hydrogen-bond acceptors (Lipinski definition) is 6. The molecule has 6 aromatic rings. The third-order valence-corrected chi connectivity index (χ3v) is 7.19. The van der Waals surface area contributed by atoms with Crippen LogP contribution in [-0.2, 0) is 4.79 Å². The Kier molecular flexibility index (Phi) is 7.84. The molecule has 1 amide bonds. The lowest BCUT2D eigenvalue weighted by Crippen LogP contribution is -2.20. The molecule has 0 fully saturated rings. The number of hydrogen-bond donors (Lipinski definition) is 4. The Bertz CT molecular complexity index is 1930. The van der Waals surface area contributed by atoms with Gasteiger partial charge in [-0.2, -0.15) is 5.10 Å². The highest BCUT2D eigenvalue weighted by molar-refractivity contribution is 5.99. The molecule has 4 aromatic heterocycles. The number of benzene rings is 2. The summed E-state index contributed by atoms with van der Waals surface area (Å²) in [6.07, 6.45) is 2.98. The predicted octanol–water partition coefficient (Wildman–Crippen LogP) is 6.69. The number of aromatic nitrogens is 5. The largest absolute Gasteiger partial charge is 0.384 e. The number of fused-ring (bicyclic) bond motifs is 2. The van der Waals surface area contributed by atoms with E-state index in [1.807, 2.05) is 75.6 Å². The van der Waals surface area contributed by atoms with Gasteiger partial charge in [0.15, 0.2) is 0 Å². The van der Waals surface area contributed by atoms with Gasteiger partial charge in [-0.15, -0.1) is 0 Å². The molecule has 2 aromatic carbocycles. The summed E-state index contributed by atoms with van der Waals surface area (Å²) in [5.74, 6) is -0.341. The minimum absolute atomic E-state index is 0.0112. The maximum atomic E-state index is 14.7. The molecule has 0 unspecified atom stereocenters. The minimum Gasteiger partial charge on any atom is -0.384 e. The van der Waals surface area contributed by atoms with Gasteiger partial charge in [0.25, 0.3) is 0 Å².